The Morgan fingerprint density at radius 3 is 2.54 bits per heavy atom. The van der Waals surface area contributed by atoms with Gasteiger partial charge >= 0.3 is 0 Å². The number of rotatable bonds is 6. The van der Waals surface area contributed by atoms with Crippen molar-refractivity contribution < 1.29 is 4.79 Å². The van der Waals surface area contributed by atoms with Crippen molar-refractivity contribution in [1.29, 1.82) is 0 Å². The second-order valence-electron chi connectivity index (χ2n) is 5.97. The van der Waals surface area contributed by atoms with Crippen LogP contribution in [0.3, 0.4) is 0 Å². The van der Waals surface area contributed by atoms with Gasteiger partial charge < -0.3 is 5.32 Å². The molecule has 3 rings (SSSR count). The Bertz CT molecular complexity index is 864. The monoisotopic (exact) mass is 385 g/mol. The lowest BCUT2D eigenvalue weighted by Gasteiger charge is -2.17. The van der Waals surface area contributed by atoms with Crippen molar-refractivity contribution in [3.8, 4) is 0 Å². The molecule has 1 heterocycles. The molecule has 3 aromatic rings. The molecule has 0 spiro atoms. The van der Waals surface area contributed by atoms with Gasteiger partial charge in [0.25, 0.3) is 0 Å². The topological polar surface area (TPSA) is 45.2 Å². The van der Waals surface area contributed by atoms with Crippen LogP contribution in [-0.4, -0.2) is 10.9 Å². The summed E-state index contributed by atoms with van der Waals surface area (Å²) >= 11 is 7.40. The van der Waals surface area contributed by atoms with E-state index < -0.39 is 0 Å². The van der Waals surface area contributed by atoms with Crippen molar-refractivity contribution in [3.63, 3.8) is 0 Å². The van der Waals surface area contributed by atoms with E-state index in [4.69, 9.17) is 11.6 Å². The number of anilines is 2. The van der Waals surface area contributed by atoms with Crippen LogP contribution in [0, 0.1) is 0 Å². The highest BCUT2D eigenvalue weighted by atomic mass is 35.5. The molecule has 0 aliphatic heterocycles. The van der Waals surface area contributed by atoms with Gasteiger partial charge in [-0.25, -0.2) is 4.98 Å². The van der Waals surface area contributed by atoms with Crippen molar-refractivity contribution >= 4 is 39.7 Å². The maximum atomic E-state index is 12.1. The molecule has 0 fully saturated rings. The van der Waals surface area contributed by atoms with Crippen LogP contribution in [0.15, 0.2) is 60.0 Å². The lowest BCUT2D eigenvalue weighted by atomic mass is 10.1. The van der Waals surface area contributed by atoms with Gasteiger partial charge in [-0.2, -0.15) is 0 Å². The Hall–Kier alpha value is -2.21. The van der Waals surface area contributed by atoms with E-state index in [-0.39, 0.29) is 11.9 Å². The van der Waals surface area contributed by atoms with Crippen molar-refractivity contribution in [2.75, 3.05) is 4.90 Å². The third-order valence-corrected chi connectivity index (χ3v) is 5.15. The Morgan fingerprint density at radius 1 is 1.19 bits per heavy atom. The van der Waals surface area contributed by atoms with Gasteiger partial charge in [0.2, 0.25) is 5.91 Å². The number of thiazole rings is 1. The molecule has 0 unspecified atom stereocenters. The van der Waals surface area contributed by atoms with Crippen LogP contribution in [0.4, 0.5) is 10.8 Å². The third kappa shape index (κ3) is 4.49. The van der Waals surface area contributed by atoms with Crippen LogP contribution in [-0.2, 0) is 11.3 Å². The number of halogens is 1. The molecule has 1 aromatic heterocycles. The van der Waals surface area contributed by atoms with E-state index in [2.05, 4.69) is 17.2 Å². The molecule has 0 radical (unpaired) electrons. The van der Waals surface area contributed by atoms with E-state index in [9.17, 15) is 4.79 Å². The van der Waals surface area contributed by atoms with E-state index in [0.717, 1.165) is 16.4 Å². The van der Waals surface area contributed by atoms with Gasteiger partial charge in [0.15, 0.2) is 5.13 Å². The van der Waals surface area contributed by atoms with Crippen molar-refractivity contribution in [3.05, 3.63) is 76.3 Å². The van der Waals surface area contributed by atoms with Gasteiger partial charge in [0.1, 0.15) is 0 Å². The average Bonchev–Trinajstić information content (AvgIpc) is 3.09. The Morgan fingerprint density at radius 2 is 1.88 bits per heavy atom. The normalized spacial score (nSPS) is 12.0. The Kier molecular flexibility index (Phi) is 6.04. The number of nitrogens with zero attached hydrogens (tertiary/aromatic N) is 2. The minimum absolute atomic E-state index is 0.0559. The standard InChI is InChI=1S/C20H20ClN3OS/c1-14(16-8-10-17(21)11-9-16)22-12-18-13-26-20(23-18)24(15(2)25)19-6-4-3-5-7-19/h3-11,13-14,22H,12H2,1-2H3/t14-/m0/s1. The number of nitrogens with one attached hydrogen (secondary N) is 1. The number of para-hydroxylation sites is 1. The molecule has 1 atom stereocenters. The van der Waals surface area contributed by atoms with Crippen molar-refractivity contribution in [2.24, 2.45) is 0 Å². The zero-order valence-electron chi connectivity index (χ0n) is 14.6. The fourth-order valence-corrected chi connectivity index (χ4v) is 3.62. The Labute approximate surface area is 162 Å². The summed E-state index contributed by atoms with van der Waals surface area (Å²) in [5, 5.41) is 6.85. The van der Waals surface area contributed by atoms with Gasteiger partial charge in [0, 0.05) is 29.9 Å². The highest BCUT2D eigenvalue weighted by Crippen LogP contribution is 2.28. The molecule has 4 nitrogen and oxygen atoms in total. The van der Waals surface area contributed by atoms with Crippen LogP contribution in [0.5, 0.6) is 0 Å². The first-order valence-corrected chi connectivity index (χ1v) is 9.59. The number of hydrogen-bond donors (Lipinski definition) is 1. The fourth-order valence-electron chi connectivity index (χ4n) is 2.61. The maximum absolute atomic E-state index is 12.1. The molecule has 6 heteroatoms. The quantitative estimate of drug-likeness (QED) is 0.623. The van der Waals surface area contributed by atoms with E-state index in [1.807, 2.05) is 60.0 Å². The van der Waals surface area contributed by atoms with Crippen LogP contribution in [0.1, 0.15) is 31.1 Å². The van der Waals surface area contributed by atoms with Crippen LogP contribution in [0.2, 0.25) is 5.02 Å². The molecule has 0 aliphatic carbocycles. The van der Waals surface area contributed by atoms with E-state index in [0.29, 0.717) is 11.7 Å². The number of aromatic nitrogens is 1. The summed E-state index contributed by atoms with van der Waals surface area (Å²) in [7, 11) is 0. The van der Waals surface area contributed by atoms with Gasteiger partial charge in [0.05, 0.1) is 11.4 Å². The molecule has 0 saturated heterocycles. The highest BCUT2D eigenvalue weighted by molar-refractivity contribution is 7.14. The number of benzene rings is 2. The number of hydrogen-bond acceptors (Lipinski definition) is 4. The minimum atomic E-state index is -0.0559. The molecular weight excluding hydrogens is 366 g/mol. The summed E-state index contributed by atoms with van der Waals surface area (Å²) in [6.45, 7) is 4.28. The van der Waals surface area contributed by atoms with E-state index >= 15 is 0 Å². The maximum Gasteiger partial charge on any atom is 0.230 e. The highest BCUT2D eigenvalue weighted by Gasteiger charge is 2.17. The smallest absolute Gasteiger partial charge is 0.230 e. The summed E-state index contributed by atoms with van der Waals surface area (Å²) in [6, 6.07) is 17.5. The Balaban J connectivity index is 1.69. The molecule has 0 bridgehead atoms. The summed E-state index contributed by atoms with van der Waals surface area (Å²) in [4.78, 5) is 18.4. The lowest BCUT2D eigenvalue weighted by Crippen LogP contribution is -2.23. The summed E-state index contributed by atoms with van der Waals surface area (Å²) < 4.78 is 0. The zero-order valence-corrected chi connectivity index (χ0v) is 16.2. The van der Waals surface area contributed by atoms with Gasteiger partial charge in [-0.1, -0.05) is 41.9 Å². The summed E-state index contributed by atoms with van der Waals surface area (Å²) in [6.07, 6.45) is 0. The number of carbonyl (C=O) groups excluding carboxylic acids is 1. The minimum Gasteiger partial charge on any atom is -0.305 e. The van der Waals surface area contributed by atoms with Gasteiger partial charge in [-0.3, -0.25) is 9.69 Å². The molecule has 1 N–H and O–H groups in total. The predicted octanol–water partition coefficient (Wildman–Crippen LogP) is 5.33. The number of amides is 1. The predicted molar refractivity (Wildman–Crippen MR) is 108 cm³/mol. The average molecular weight is 386 g/mol. The van der Waals surface area contributed by atoms with Crippen LogP contribution < -0.4 is 10.2 Å². The van der Waals surface area contributed by atoms with Gasteiger partial charge in [-0.15, -0.1) is 11.3 Å². The summed E-state index contributed by atoms with van der Waals surface area (Å²) in [5.41, 5.74) is 2.90. The van der Waals surface area contributed by atoms with Crippen molar-refractivity contribution in [1.82, 2.24) is 10.3 Å². The molecule has 1 amide bonds. The molecular formula is C20H20ClN3OS. The molecule has 2 aromatic carbocycles. The second-order valence-corrected chi connectivity index (χ2v) is 7.24. The van der Waals surface area contributed by atoms with Gasteiger partial charge in [-0.05, 0) is 36.8 Å². The fraction of sp³-hybridized carbons (Fsp3) is 0.200. The third-order valence-electron chi connectivity index (χ3n) is 4.02. The first kappa shape index (κ1) is 18.6. The second kappa shape index (κ2) is 8.45. The molecule has 134 valence electrons. The van der Waals surface area contributed by atoms with Crippen LogP contribution in [0.25, 0.3) is 0 Å². The molecule has 0 saturated carbocycles. The zero-order chi connectivity index (χ0) is 18.5. The SMILES string of the molecule is CC(=O)N(c1ccccc1)c1nc(CN[C@@H](C)c2ccc(Cl)cc2)cs1. The first-order chi connectivity index (χ1) is 12.5. The molecule has 26 heavy (non-hydrogen) atoms. The van der Waals surface area contributed by atoms with Crippen molar-refractivity contribution in [2.45, 2.75) is 26.4 Å². The lowest BCUT2D eigenvalue weighted by molar-refractivity contribution is -0.115. The van der Waals surface area contributed by atoms with E-state index in [1.54, 1.807) is 11.8 Å². The molecule has 0 aliphatic rings. The van der Waals surface area contributed by atoms with Crippen LogP contribution >= 0.6 is 22.9 Å². The van der Waals surface area contributed by atoms with E-state index in [1.165, 1.54) is 16.9 Å². The number of carbonyl (C=O) groups is 1. The summed E-state index contributed by atoms with van der Waals surface area (Å²) in [5.74, 6) is -0.0559. The largest absolute Gasteiger partial charge is 0.305 e. The first-order valence-electron chi connectivity index (χ1n) is 8.33.